The molecule has 0 saturated carbocycles. The molecule has 1 rings (SSSR count). The molecule has 0 spiro atoms. The SMILES string of the molecule is C=CCC(C#N)(C#N)Cc1occc(=O)c1O[Si](C)(C)C. The molecule has 1 aromatic rings. The predicted octanol–water partition coefficient (Wildman–Crippen LogP) is 3.01. The lowest BCUT2D eigenvalue weighted by atomic mass is 9.83. The summed E-state index contributed by atoms with van der Waals surface area (Å²) < 4.78 is 11.1. The van der Waals surface area contributed by atoms with Gasteiger partial charge in [0.1, 0.15) is 0 Å². The van der Waals surface area contributed by atoms with Crippen molar-refractivity contribution in [2.75, 3.05) is 0 Å². The second-order valence-electron chi connectivity index (χ2n) is 5.73. The summed E-state index contributed by atoms with van der Waals surface area (Å²) in [6.07, 6.45) is 2.93. The Kier molecular flexibility index (Phi) is 5.12. The van der Waals surface area contributed by atoms with Gasteiger partial charge in [0.05, 0.1) is 18.4 Å². The normalized spacial score (nSPS) is 11.3. The first-order valence-corrected chi connectivity index (χ1v) is 9.91. The molecule has 0 aliphatic heterocycles. The minimum Gasteiger partial charge on any atom is -0.539 e. The predicted molar refractivity (Wildman–Crippen MR) is 81.1 cm³/mol. The van der Waals surface area contributed by atoms with Crippen LogP contribution < -0.4 is 9.85 Å². The molecule has 0 aliphatic carbocycles. The molecular weight excluding hydrogens is 284 g/mol. The highest BCUT2D eigenvalue weighted by molar-refractivity contribution is 6.70. The van der Waals surface area contributed by atoms with E-state index in [0.717, 1.165) is 0 Å². The van der Waals surface area contributed by atoms with Crippen LogP contribution in [0.5, 0.6) is 5.75 Å². The zero-order chi connectivity index (χ0) is 16.1. The topological polar surface area (TPSA) is 87.0 Å². The van der Waals surface area contributed by atoms with Crippen LogP contribution in [0.25, 0.3) is 0 Å². The Hall–Kier alpha value is -2.31. The third kappa shape index (κ3) is 4.33. The maximum absolute atomic E-state index is 12.0. The molecule has 0 bridgehead atoms. The quantitative estimate of drug-likeness (QED) is 0.595. The van der Waals surface area contributed by atoms with Gasteiger partial charge in [0.15, 0.2) is 16.9 Å². The average molecular weight is 302 g/mol. The zero-order valence-electron chi connectivity index (χ0n) is 12.5. The first-order chi connectivity index (χ1) is 9.77. The molecule has 0 saturated heterocycles. The summed E-state index contributed by atoms with van der Waals surface area (Å²) in [5.74, 6) is 0.338. The molecule has 0 aliphatic rings. The van der Waals surface area contributed by atoms with Crippen molar-refractivity contribution in [3.63, 3.8) is 0 Å². The second kappa shape index (κ2) is 6.42. The van der Waals surface area contributed by atoms with Crippen molar-refractivity contribution in [3.8, 4) is 17.9 Å². The van der Waals surface area contributed by atoms with Crippen LogP contribution in [0.2, 0.25) is 19.6 Å². The molecule has 0 atom stereocenters. The van der Waals surface area contributed by atoms with E-state index in [2.05, 4.69) is 6.58 Å². The fraction of sp³-hybridized carbons (Fsp3) is 0.400. The first kappa shape index (κ1) is 16.7. The molecule has 0 radical (unpaired) electrons. The molecule has 110 valence electrons. The van der Waals surface area contributed by atoms with Crippen molar-refractivity contribution in [3.05, 3.63) is 41.0 Å². The lowest BCUT2D eigenvalue weighted by molar-refractivity contribution is 0.391. The van der Waals surface area contributed by atoms with Crippen molar-refractivity contribution >= 4 is 8.32 Å². The Labute approximate surface area is 125 Å². The van der Waals surface area contributed by atoms with Gasteiger partial charge >= 0.3 is 0 Å². The zero-order valence-corrected chi connectivity index (χ0v) is 13.5. The highest BCUT2D eigenvalue weighted by Gasteiger charge is 2.33. The van der Waals surface area contributed by atoms with E-state index < -0.39 is 13.7 Å². The number of nitrogens with zero attached hydrogens (tertiary/aromatic N) is 2. The Bertz CT molecular complexity index is 645. The number of nitriles is 2. The van der Waals surface area contributed by atoms with Gasteiger partial charge < -0.3 is 8.84 Å². The number of rotatable bonds is 6. The third-order valence-electron chi connectivity index (χ3n) is 2.70. The molecule has 5 nitrogen and oxygen atoms in total. The fourth-order valence-electron chi connectivity index (χ4n) is 1.77. The van der Waals surface area contributed by atoms with Gasteiger partial charge in [-0.2, -0.15) is 10.5 Å². The minimum atomic E-state index is -2.02. The average Bonchev–Trinajstić information content (AvgIpc) is 2.41. The molecule has 6 heteroatoms. The van der Waals surface area contributed by atoms with E-state index in [1.54, 1.807) is 0 Å². The maximum Gasteiger partial charge on any atom is 0.242 e. The summed E-state index contributed by atoms with van der Waals surface area (Å²) in [6, 6.07) is 5.24. The Balaban J connectivity index is 3.29. The summed E-state index contributed by atoms with van der Waals surface area (Å²) in [5, 5.41) is 18.6. The van der Waals surface area contributed by atoms with Gasteiger partial charge in [-0.15, -0.1) is 6.58 Å². The van der Waals surface area contributed by atoms with Crippen LogP contribution >= 0.6 is 0 Å². The highest BCUT2D eigenvalue weighted by Crippen LogP contribution is 2.30. The van der Waals surface area contributed by atoms with Gasteiger partial charge in [-0.25, -0.2) is 0 Å². The lowest BCUT2D eigenvalue weighted by Gasteiger charge is -2.22. The van der Waals surface area contributed by atoms with E-state index in [-0.39, 0.29) is 29.8 Å². The molecule has 1 aromatic heterocycles. The van der Waals surface area contributed by atoms with E-state index in [0.29, 0.717) is 0 Å². The minimum absolute atomic E-state index is 0.0120. The van der Waals surface area contributed by atoms with Gasteiger partial charge in [-0.1, -0.05) is 6.08 Å². The van der Waals surface area contributed by atoms with Crippen molar-refractivity contribution in [1.29, 1.82) is 10.5 Å². The number of hydrogen-bond donors (Lipinski definition) is 0. The van der Waals surface area contributed by atoms with Crippen LogP contribution in [0.4, 0.5) is 0 Å². The van der Waals surface area contributed by atoms with E-state index in [4.69, 9.17) is 8.84 Å². The number of hydrogen-bond acceptors (Lipinski definition) is 5. The van der Waals surface area contributed by atoms with E-state index in [1.807, 2.05) is 31.8 Å². The van der Waals surface area contributed by atoms with Crippen LogP contribution in [0.3, 0.4) is 0 Å². The Morgan fingerprint density at radius 3 is 2.52 bits per heavy atom. The second-order valence-corrected chi connectivity index (χ2v) is 10.2. The molecule has 21 heavy (non-hydrogen) atoms. The number of allylic oxidation sites excluding steroid dienone is 1. The Morgan fingerprint density at radius 1 is 1.43 bits per heavy atom. The van der Waals surface area contributed by atoms with Gasteiger partial charge in [0, 0.05) is 12.5 Å². The molecule has 0 amide bonds. The van der Waals surface area contributed by atoms with E-state index in [9.17, 15) is 15.3 Å². The van der Waals surface area contributed by atoms with Crippen molar-refractivity contribution in [2.45, 2.75) is 32.5 Å². The van der Waals surface area contributed by atoms with Gasteiger partial charge in [0.25, 0.3) is 0 Å². The summed E-state index contributed by atoms with van der Waals surface area (Å²) in [5.41, 5.74) is -1.61. The summed E-state index contributed by atoms with van der Waals surface area (Å²) in [7, 11) is -2.02. The van der Waals surface area contributed by atoms with Crippen molar-refractivity contribution < 1.29 is 8.84 Å². The van der Waals surface area contributed by atoms with Crippen LogP contribution in [0.15, 0.2) is 34.2 Å². The smallest absolute Gasteiger partial charge is 0.242 e. The van der Waals surface area contributed by atoms with Gasteiger partial charge in [0.2, 0.25) is 13.7 Å². The highest BCUT2D eigenvalue weighted by atomic mass is 28.4. The molecular formula is C15H18N2O3Si. The van der Waals surface area contributed by atoms with Crippen LogP contribution in [-0.2, 0) is 6.42 Å². The summed E-state index contributed by atoms with van der Waals surface area (Å²) in [6.45, 7) is 9.38. The molecule has 0 N–H and O–H groups in total. The van der Waals surface area contributed by atoms with E-state index >= 15 is 0 Å². The fourth-order valence-corrected chi connectivity index (χ4v) is 2.59. The maximum atomic E-state index is 12.0. The Morgan fingerprint density at radius 2 is 2.05 bits per heavy atom. The monoisotopic (exact) mass is 302 g/mol. The van der Waals surface area contributed by atoms with Crippen LogP contribution in [0.1, 0.15) is 12.2 Å². The van der Waals surface area contributed by atoms with Crippen LogP contribution in [-0.4, -0.2) is 8.32 Å². The first-order valence-electron chi connectivity index (χ1n) is 6.50. The van der Waals surface area contributed by atoms with Crippen molar-refractivity contribution in [1.82, 2.24) is 0 Å². The molecule has 1 heterocycles. The van der Waals surface area contributed by atoms with E-state index in [1.165, 1.54) is 18.4 Å². The van der Waals surface area contributed by atoms with Gasteiger partial charge in [-0.3, -0.25) is 4.79 Å². The molecule has 0 aromatic carbocycles. The third-order valence-corrected chi connectivity index (χ3v) is 3.51. The van der Waals surface area contributed by atoms with Gasteiger partial charge in [-0.05, 0) is 26.1 Å². The summed E-state index contributed by atoms with van der Waals surface area (Å²) >= 11 is 0. The standard InChI is InChI=1S/C15H18N2O3Si/c1-5-7-15(10-16,11-17)9-13-14(20-21(2,3)4)12(18)6-8-19-13/h5-6,8H,1,7,9H2,2-4H3. The van der Waals surface area contributed by atoms with Crippen LogP contribution in [0, 0.1) is 28.1 Å². The molecule has 0 fully saturated rings. The largest absolute Gasteiger partial charge is 0.539 e. The summed E-state index contributed by atoms with van der Waals surface area (Å²) in [4.78, 5) is 12.0. The molecule has 0 unspecified atom stereocenters. The lowest BCUT2D eigenvalue weighted by Crippen LogP contribution is -2.33. The van der Waals surface area contributed by atoms with Crippen molar-refractivity contribution in [2.24, 2.45) is 5.41 Å².